The van der Waals surface area contributed by atoms with Crippen molar-refractivity contribution in [2.75, 3.05) is 5.32 Å². The first-order valence-corrected chi connectivity index (χ1v) is 7.66. The van der Waals surface area contributed by atoms with E-state index in [1.807, 2.05) is 37.3 Å². The van der Waals surface area contributed by atoms with Gasteiger partial charge in [0, 0.05) is 17.6 Å². The highest BCUT2D eigenvalue weighted by atomic mass is 16.6. The molecule has 1 heterocycles. The Kier molecular flexibility index (Phi) is 4.04. The molecule has 122 valence electrons. The molecule has 6 heteroatoms. The van der Waals surface area contributed by atoms with Crippen LogP contribution in [-0.4, -0.2) is 9.49 Å². The minimum absolute atomic E-state index is 0.231. The fourth-order valence-corrected chi connectivity index (χ4v) is 2.78. The van der Waals surface area contributed by atoms with Gasteiger partial charge in [0.05, 0.1) is 10.4 Å². The molecule has 0 saturated heterocycles. The minimum atomic E-state index is -0.614. The summed E-state index contributed by atoms with van der Waals surface area (Å²) in [4.78, 5) is 23.5. The molecule has 2 aromatic carbocycles. The number of hydrogen-bond donors (Lipinski definition) is 1. The first-order valence-electron chi connectivity index (χ1n) is 7.66. The quantitative estimate of drug-likeness (QED) is 0.582. The summed E-state index contributed by atoms with van der Waals surface area (Å²) in [5.74, 6) is 0. The van der Waals surface area contributed by atoms with Crippen molar-refractivity contribution >= 4 is 28.0 Å². The van der Waals surface area contributed by atoms with Crippen LogP contribution in [-0.2, 0) is 6.54 Å². The van der Waals surface area contributed by atoms with E-state index in [1.165, 1.54) is 4.57 Å². The number of aryl methyl sites for hydroxylation is 2. The van der Waals surface area contributed by atoms with Crippen molar-refractivity contribution < 1.29 is 4.92 Å². The van der Waals surface area contributed by atoms with Crippen molar-refractivity contribution in [3.05, 3.63) is 74.6 Å². The van der Waals surface area contributed by atoms with Crippen molar-refractivity contribution in [3.8, 4) is 0 Å². The van der Waals surface area contributed by atoms with E-state index >= 15 is 0 Å². The Labute approximate surface area is 138 Å². The number of rotatable bonds is 4. The molecule has 24 heavy (non-hydrogen) atoms. The van der Waals surface area contributed by atoms with Crippen molar-refractivity contribution in [1.29, 1.82) is 0 Å². The van der Waals surface area contributed by atoms with E-state index in [4.69, 9.17) is 0 Å². The molecule has 0 amide bonds. The Bertz CT molecular complexity index is 975. The normalized spacial score (nSPS) is 10.8. The Morgan fingerprint density at radius 3 is 2.42 bits per heavy atom. The van der Waals surface area contributed by atoms with E-state index in [2.05, 4.69) is 5.32 Å². The van der Waals surface area contributed by atoms with Crippen LogP contribution < -0.4 is 10.9 Å². The molecule has 0 radical (unpaired) electrons. The summed E-state index contributed by atoms with van der Waals surface area (Å²) in [6, 6.07) is 14.7. The van der Waals surface area contributed by atoms with Gasteiger partial charge in [0.25, 0.3) is 0 Å². The maximum atomic E-state index is 12.6. The summed E-state index contributed by atoms with van der Waals surface area (Å²) in [6.07, 6.45) is 0. The zero-order valence-corrected chi connectivity index (χ0v) is 13.4. The zero-order valence-electron chi connectivity index (χ0n) is 13.4. The second-order valence-corrected chi connectivity index (χ2v) is 5.54. The maximum absolute atomic E-state index is 12.6. The molecule has 0 spiro atoms. The predicted octanol–water partition coefficient (Wildman–Crippen LogP) is 3.98. The van der Waals surface area contributed by atoms with Crippen LogP contribution in [0.15, 0.2) is 53.3 Å². The summed E-state index contributed by atoms with van der Waals surface area (Å²) in [5.41, 5.74) is 1.65. The molecule has 6 nitrogen and oxygen atoms in total. The molecular weight excluding hydrogens is 306 g/mol. The van der Waals surface area contributed by atoms with Crippen molar-refractivity contribution in [1.82, 2.24) is 4.57 Å². The molecule has 1 N–H and O–H groups in total. The van der Waals surface area contributed by atoms with Crippen LogP contribution in [0.25, 0.3) is 10.9 Å². The molecule has 0 aliphatic heterocycles. The lowest BCUT2D eigenvalue weighted by Gasteiger charge is -2.14. The lowest BCUT2D eigenvalue weighted by Crippen LogP contribution is -2.23. The first kappa shape index (κ1) is 15.7. The minimum Gasteiger partial charge on any atom is -0.349 e. The molecule has 0 aliphatic carbocycles. The van der Waals surface area contributed by atoms with Gasteiger partial charge in [-0.3, -0.25) is 14.9 Å². The van der Waals surface area contributed by atoms with Gasteiger partial charge >= 0.3 is 11.2 Å². The molecular formula is C18H17N3O3. The Morgan fingerprint density at radius 2 is 1.79 bits per heavy atom. The molecule has 0 unspecified atom stereocenters. The number of nitrogens with one attached hydrogen (secondary N) is 1. The van der Waals surface area contributed by atoms with E-state index in [0.29, 0.717) is 23.1 Å². The summed E-state index contributed by atoms with van der Waals surface area (Å²) < 4.78 is 1.42. The van der Waals surface area contributed by atoms with Gasteiger partial charge in [-0.1, -0.05) is 35.9 Å². The monoisotopic (exact) mass is 323 g/mol. The summed E-state index contributed by atoms with van der Waals surface area (Å²) in [6.45, 7) is 4.12. The number of nitro groups is 1. The standard InChI is InChI=1S/C18H17N3O3/c1-3-20-15-7-5-4-6-14(15)16(17(18(20)22)21(23)24)19-13-10-8-12(2)9-11-13/h4-11,19H,3H2,1-2H3. The molecule has 3 rings (SSSR count). The molecule has 1 aromatic heterocycles. The summed E-state index contributed by atoms with van der Waals surface area (Å²) >= 11 is 0. The number of para-hydroxylation sites is 1. The fraction of sp³-hybridized carbons (Fsp3) is 0.167. The molecule has 0 fully saturated rings. The van der Waals surface area contributed by atoms with Crippen LogP contribution in [0.4, 0.5) is 17.1 Å². The average molecular weight is 323 g/mol. The topological polar surface area (TPSA) is 77.2 Å². The SMILES string of the molecule is CCn1c(=O)c([N+](=O)[O-])c(Nc2ccc(C)cc2)c2ccccc21. The van der Waals surface area contributed by atoms with Gasteiger partial charge in [-0.25, -0.2) is 0 Å². The Morgan fingerprint density at radius 1 is 1.12 bits per heavy atom. The summed E-state index contributed by atoms with van der Waals surface area (Å²) in [7, 11) is 0. The molecule has 3 aromatic rings. The third kappa shape index (κ3) is 2.62. The number of aromatic nitrogens is 1. The van der Waals surface area contributed by atoms with Crippen molar-refractivity contribution in [2.24, 2.45) is 0 Å². The van der Waals surface area contributed by atoms with Crippen LogP contribution in [0, 0.1) is 17.0 Å². The van der Waals surface area contributed by atoms with Crippen molar-refractivity contribution in [2.45, 2.75) is 20.4 Å². The number of fused-ring (bicyclic) bond motifs is 1. The van der Waals surface area contributed by atoms with Crippen LogP contribution in [0.1, 0.15) is 12.5 Å². The predicted molar refractivity (Wildman–Crippen MR) is 95.0 cm³/mol. The van der Waals surface area contributed by atoms with Crippen molar-refractivity contribution in [3.63, 3.8) is 0 Å². The highest BCUT2D eigenvalue weighted by Crippen LogP contribution is 2.32. The second kappa shape index (κ2) is 6.16. The Hall–Kier alpha value is -3.15. The highest BCUT2D eigenvalue weighted by Gasteiger charge is 2.25. The lowest BCUT2D eigenvalue weighted by atomic mass is 10.1. The molecule has 0 saturated carbocycles. The van der Waals surface area contributed by atoms with E-state index in [-0.39, 0.29) is 5.69 Å². The maximum Gasteiger partial charge on any atom is 0.357 e. The van der Waals surface area contributed by atoms with Gasteiger partial charge in [-0.2, -0.15) is 0 Å². The van der Waals surface area contributed by atoms with E-state index < -0.39 is 16.2 Å². The molecule has 0 aliphatic rings. The second-order valence-electron chi connectivity index (χ2n) is 5.54. The van der Waals surface area contributed by atoms with Gasteiger partial charge in [0.1, 0.15) is 5.69 Å². The summed E-state index contributed by atoms with van der Waals surface area (Å²) in [5, 5.41) is 15.3. The largest absolute Gasteiger partial charge is 0.357 e. The van der Waals surface area contributed by atoms with Crippen LogP contribution >= 0.6 is 0 Å². The van der Waals surface area contributed by atoms with Crippen LogP contribution in [0.5, 0.6) is 0 Å². The average Bonchev–Trinajstić information content (AvgIpc) is 2.57. The Balaban J connectivity index is 2.32. The van der Waals surface area contributed by atoms with E-state index in [1.54, 1.807) is 25.1 Å². The van der Waals surface area contributed by atoms with Gasteiger partial charge in [0.2, 0.25) is 0 Å². The van der Waals surface area contributed by atoms with Gasteiger partial charge in [-0.05, 0) is 32.0 Å². The molecule has 0 atom stereocenters. The molecule has 0 bridgehead atoms. The third-order valence-electron chi connectivity index (χ3n) is 3.97. The van der Waals surface area contributed by atoms with Crippen LogP contribution in [0.2, 0.25) is 0 Å². The van der Waals surface area contributed by atoms with E-state index in [0.717, 1.165) is 5.56 Å². The number of pyridine rings is 1. The lowest BCUT2D eigenvalue weighted by molar-refractivity contribution is -0.385. The number of benzene rings is 2. The van der Waals surface area contributed by atoms with Gasteiger partial charge in [0.15, 0.2) is 0 Å². The highest BCUT2D eigenvalue weighted by molar-refractivity contribution is 5.97. The third-order valence-corrected chi connectivity index (χ3v) is 3.97. The number of hydrogen-bond acceptors (Lipinski definition) is 4. The van der Waals surface area contributed by atoms with Crippen LogP contribution in [0.3, 0.4) is 0 Å². The van der Waals surface area contributed by atoms with E-state index in [9.17, 15) is 14.9 Å². The number of anilines is 2. The first-order chi connectivity index (χ1) is 11.5. The number of nitrogens with zero attached hydrogens (tertiary/aromatic N) is 2. The van der Waals surface area contributed by atoms with Gasteiger partial charge in [-0.15, -0.1) is 0 Å². The fourth-order valence-electron chi connectivity index (χ4n) is 2.78. The zero-order chi connectivity index (χ0) is 17.3. The smallest absolute Gasteiger partial charge is 0.349 e. The van der Waals surface area contributed by atoms with Gasteiger partial charge < -0.3 is 9.88 Å².